The van der Waals surface area contributed by atoms with Crippen molar-refractivity contribution in [2.75, 3.05) is 38.2 Å². The maximum absolute atomic E-state index is 12.6. The second-order valence-corrected chi connectivity index (χ2v) is 10.0. The first-order chi connectivity index (χ1) is 14.2. The second-order valence-electron chi connectivity index (χ2n) is 6.36. The van der Waals surface area contributed by atoms with Gasteiger partial charge in [0.25, 0.3) is 5.69 Å². The molecular formula is C18H17Br2N3O6S. The smallest absolute Gasteiger partial charge is 0.271 e. The van der Waals surface area contributed by atoms with Crippen LogP contribution in [0.2, 0.25) is 0 Å². The summed E-state index contributed by atoms with van der Waals surface area (Å²) in [5, 5.41) is 13.8. The van der Waals surface area contributed by atoms with Crippen molar-refractivity contribution in [2.45, 2.75) is 4.90 Å². The summed E-state index contributed by atoms with van der Waals surface area (Å²) in [7, 11) is -3.62. The molecular weight excluding hydrogens is 546 g/mol. The number of hydrogen-bond acceptors (Lipinski definition) is 7. The molecule has 0 aromatic heterocycles. The van der Waals surface area contributed by atoms with E-state index in [4.69, 9.17) is 4.74 Å². The van der Waals surface area contributed by atoms with Gasteiger partial charge in [0.2, 0.25) is 10.0 Å². The van der Waals surface area contributed by atoms with Crippen LogP contribution < -0.4 is 5.32 Å². The van der Waals surface area contributed by atoms with Crippen LogP contribution in [-0.2, 0) is 14.8 Å². The number of carbonyl (C=O) groups excluding carboxylic acids is 1. The highest BCUT2D eigenvalue weighted by molar-refractivity contribution is 9.11. The number of benzene rings is 2. The van der Waals surface area contributed by atoms with Gasteiger partial charge < -0.3 is 10.1 Å². The Morgan fingerprint density at radius 1 is 1.13 bits per heavy atom. The van der Waals surface area contributed by atoms with Crippen LogP contribution in [0.3, 0.4) is 0 Å². The van der Waals surface area contributed by atoms with Gasteiger partial charge in [-0.2, -0.15) is 4.31 Å². The minimum absolute atomic E-state index is 0.0788. The van der Waals surface area contributed by atoms with Gasteiger partial charge in [0, 0.05) is 39.7 Å². The largest absolute Gasteiger partial charge is 0.379 e. The number of Topliss-reactive ketones (excluding diaryl/α,β-unsaturated/α-hetero) is 1. The SMILES string of the molecule is O=C(CNc1c(Br)cc([N+](=O)[O-])cc1Br)c1ccc(S(=O)(=O)N2CCOCC2)cc1. The predicted molar refractivity (Wildman–Crippen MR) is 117 cm³/mol. The summed E-state index contributed by atoms with van der Waals surface area (Å²) >= 11 is 6.51. The zero-order valence-corrected chi connectivity index (χ0v) is 19.5. The summed E-state index contributed by atoms with van der Waals surface area (Å²) in [4.78, 5) is 23.0. The molecule has 3 rings (SSSR count). The van der Waals surface area contributed by atoms with Crippen molar-refractivity contribution in [3.8, 4) is 0 Å². The summed E-state index contributed by atoms with van der Waals surface area (Å²) in [6.45, 7) is 1.23. The highest BCUT2D eigenvalue weighted by atomic mass is 79.9. The first-order valence-electron chi connectivity index (χ1n) is 8.78. The fraction of sp³-hybridized carbons (Fsp3) is 0.278. The predicted octanol–water partition coefficient (Wildman–Crippen LogP) is 3.44. The molecule has 1 aliphatic heterocycles. The van der Waals surface area contributed by atoms with Crippen LogP contribution >= 0.6 is 31.9 Å². The van der Waals surface area contributed by atoms with Gasteiger partial charge in [0.15, 0.2) is 5.78 Å². The Hall–Kier alpha value is -1.86. The molecule has 160 valence electrons. The number of carbonyl (C=O) groups is 1. The van der Waals surface area contributed by atoms with Crippen molar-refractivity contribution < 1.29 is 22.9 Å². The number of ether oxygens (including phenoxy) is 1. The Morgan fingerprint density at radius 2 is 1.70 bits per heavy atom. The third kappa shape index (κ3) is 5.06. The number of nitrogens with one attached hydrogen (secondary N) is 1. The Labute approximate surface area is 189 Å². The van der Waals surface area contributed by atoms with Gasteiger partial charge in [-0.15, -0.1) is 0 Å². The fourth-order valence-corrected chi connectivity index (χ4v) is 5.70. The minimum atomic E-state index is -3.62. The number of morpholine rings is 1. The van der Waals surface area contributed by atoms with Crippen LogP contribution in [0.25, 0.3) is 0 Å². The number of anilines is 1. The molecule has 1 fully saturated rings. The zero-order valence-electron chi connectivity index (χ0n) is 15.5. The standard InChI is InChI=1S/C18H17Br2N3O6S/c19-15-9-13(23(25)26)10-16(20)18(15)21-11-17(24)12-1-3-14(4-2-12)30(27,28)22-5-7-29-8-6-22/h1-4,9-10,21H,5-8,11H2. The van der Waals surface area contributed by atoms with Gasteiger partial charge >= 0.3 is 0 Å². The van der Waals surface area contributed by atoms with Crippen LogP contribution in [0.4, 0.5) is 11.4 Å². The van der Waals surface area contributed by atoms with Crippen molar-refractivity contribution >= 4 is 59.0 Å². The third-order valence-electron chi connectivity index (χ3n) is 4.45. The topological polar surface area (TPSA) is 119 Å². The molecule has 1 saturated heterocycles. The number of hydrogen-bond donors (Lipinski definition) is 1. The summed E-state index contributed by atoms with van der Waals surface area (Å²) in [5.41, 5.74) is 0.751. The van der Waals surface area contributed by atoms with Gasteiger partial charge in [-0.25, -0.2) is 8.42 Å². The molecule has 1 N–H and O–H groups in total. The van der Waals surface area contributed by atoms with E-state index in [1.54, 1.807) is 0 Å². The van der Waals surface area contributed by atoms with Crippen molar-refractivity contribution in [1.82, 2.24) is 4.31 Å². The summed E-state index contributed by atoms with van der Waals surface area (Å²) in [6, 6.07) is 8.44. The van der Waals surface area contributed by atoms with E-state index < -0.39 is 14.9 Å². The molecule has 1 aliphatic rings. The van der Waals surface area contributed by atoms with Crippen LogP contribution in [-0.4, -0.2) is 56.3 Å². The third-order valence-corrected chi connectivity index (χ3v) is 7.61. The number of nitrogens with zero attached hydrogens (tertiary/aromatic N) is 2. The Kier molecular flexibility index (Phi) is 7.24. The zero-order chi connectivity index (χ0) is 21.9. The first kappa shape index (κ1) is 22.8. The number of sulfonamides is 1. The molecule has 0 atom stereocenters. The Morgan fingerprint density at radius 3 is 2.23 bits per heavy atom. The minimum Gasteiger partial charge on any atom is -0.379 e. The Balaban J connectivity index is 1.69. The molecule has 0 radical (unpaired) electrons. The maximum atomic E-state index is 12.6. The summed E-state index contributed by atoms with van der Waals surface area (Å²) < 4.78 is 32.7. The van der Waals surface area contributed by atoms with E-state index >= 15 is 0 Å². The first-order valence-corrected chi connectivity index (χ1v) is 11.8. The molecule has 2 aromatic carbocycles. The number of nitro groups is 1. The summed E-state index contributed by atoms with van der Waals surface area (Å²) in [6.07, 6.45) is 0. The van der Waals surface area contributed by atoms with Crippen molar-refractivity contribution in [1.29, 1.82) is 0 Å². The molecule has 1 heterocycles. The molecule has 0 spiro atoms. The molecule has 0 amide bonds. The molecule has 9 nitrogen and oxygen atoms in total. The maximum Gasteiger partial charge on any atom is 0.271 e. The summed E-state index contributed by atoms with van der Waals surface area (Å²) in [5.74, 6) is -0.262. The van der Waals surface area contributed by atoms with Crippen LogP contribution in [0.15, 0.2) is 50.2 Å². The molecule has 0 unspecified atom stereocenters. The van der Waals surface area contributed by atoms with E-state index in [0.29, 0.717) is 46.5 Å². The second kappa shape index (κ2) is 9.52. The van der Waals surface area contributed by atoms with E-state index in [9.17, 15) is 23.3 Å². The average Bonchev–Trinajstić information content (AvgIpc) is 2.73. The molecule has 0 saturated carbocycles. The van der Waals surface area contributed by atoms with E-state index in [2.05, 4.69) is 37.2 Å². The number of nitro benzene ring substituents is 1. The van der Waals surface area contributed by atoms with Gasteiger partial charge in [0.05, 0.1) is 35.3 Å². The lowest BCUT2D eigenvalue weighted by Gasteiger charge is -2.26. The van der Waals surface area contributed by atoms with Gasteiger partial charge in [-0.3, -0.25) is 14.9 Å². The lowest BCUT2D eigenvalue weighted by Crippen LogP contribution is -2.40. The normalized spacial score (nSPS) is 15.0. The van der Waals surface area contributed by atoms with E-state index in [1.807, 2.05) is 0 Å². The lowest BCUT2D eigenvalue weighted by atomic mass is 10.1. The van der Waals surface area contributed by atoms with Crippen LogP contribution in [0.5, 0.6) is 0 Å². The fourth-order valence-electron chi connectivity index (χ4n) is 2.85. The number of ketones is 1. The molecule has 0 bridgehead atoms. The van der Waals surface area contributed by atoms with Gasteiger partial charge in [-0.1, -0.05) is 0 Å². The Bertz CT molecular complexity index is 1050. The molecule has 30 heavy (non-hydrogen) atoms. The molecule has 2 aromatic rings. The van der Waals surface area contributed by atoms with Crippen molar-refractivity contribution in [3.05, 3.63) is 61.0 Å². The van der Waals surface area contributed by atoms with Gasteiger partial charge in [-0.05, 0) is 56.1 Å². The van der Waals surface area contributed by atoms with E-state index in [0.717, 1.165) is 0 Å². The van der Waals surface area contributed by atoms with E-state index in [-0.39, 0.29) is 22.9 Å². The van der Waals surface area contributed by atoms with Crippen LogP contribution in [0, 0.1) is 10.1 Å². The van der Waals surface area contributed by atoms with Crippen molar-refractivity contribution in [2.24, 2.45) is 0 Å². The quantitative estimate of drug-likeness (QED) is 0.312. The van der Waals surface area contributed by atoms with Gasteiger partial charge in [0.1, 0.15) is 0 Å². The van der Waals surface area contributed by atoms with E-state index in [1.165, 1.54) is 40.7 Å². The highest BCUT2D eigenvalue weighted by Gasteiger charge is 2.26. The molecule has 12 heteroatoms. The number of halogens is 2. The monoisotopic (exact) mass is 561 g/mol. The average molecular weight is 563 g/mol. The van der Waals surface area contributed by atoms with Crippen LogP contribution in [0.1, 0.15) is 10.4 Å². The number of rotatable bonds is 7. The van der Waals surface area contributed by atoms with Crippen molar-refractivity contribution in [3.63, 3.8) is 0 Å². The number of non-ortho nitro benzene ring substituents is 1. The molecule has 0 aliphatic carbocycles. The highest BCUT2D eigenvalue weighted by Crippen LogP contribution is 2.35. The lowest BCUT2D eigenvalue weighted by molar-refractivity contribution is -0.385.